The van der Waals surface area contributed by atoms with Crippen LogP contribution in [0, 0.1) is 0 Å². The van der Waals surface area contributed by atoms with E-state index in [1.54, 1.807) is 0 Å². The highest BCUT2D eigenvalue weighted by molar-refractivity contribution is 5.95. The van der Waals surface area contributed by atoms with Crippen LogP contribution in [0.1, 0.15) is 56.1 Å². The van der Waals surface area contributed by atoms with E-state index in [1.165, 1.54) is 0 Å². The van der Waals surface area contributed by atoms with Crippen molar-refractivity contribution in [2.45, 2.75) is 50.4 Å². The molecule has 1 saturated heterocycles. The molecule has 2 aromatic carbocycles. The smallest absolute Gasteiger partial charge is 0.328 e. The third-order valence-electron chi connectivity index (χ3n) is 5.02. The summed E-state index contributed by atoms with van der Waals surface area (Å²) in [5, 5.41) is 0. The molecule has 0 aromatic heterocycles. The van der Waals surface area contributed by atoms with Crippen LogP contribution >= 0.6 is 0 Å². The van der Waals surface area contributed by atoms with Gasteiger partial charge in [-0.3, -0.25) is 9.59 Å². The molecule has 0 N–H and O–H groups in total. The predicted octanol–water partition coefficient (Wildman–Crippen LogP) is 4.79. The molecule has 0 spiro atoms. The van der Waals surface area contributed by atoms with Gasteiger partial charge in [0, 0.05) is 6.42 Å². The third kappa shape index (κ3) is 3.81. The van der Waals surface area contributed by atoms with Gasteiger partial charge in [0.1, 0.15) is 5.41 Å². The van der Waals surface area contributed by atoms with Crippen molar-refractivity contribution in [2.75, 3.05) is 0 Å². The minimum Gasteiger partial charge on any atom is -0.392 e. The maximum absolute atomic E-state index is 13.2. The van der Waals surface area contributed by atoms with Crippen molar-refractivity contribution in [3.8, 4) is 0 Å². The van der Waals surface area contributed by atoms with Gasteiger partial charge in [-0.1, -0.05) is 86.3 Å². The first-order valence-electron chi connectivity index (χ1n) is 9.09. The van der Waals surface area contributed by atoms with Crippen molar-refractivity contribution in [1.29, 1.82) is 0 Å². The van der Waals surface area contributed by atoms with Gasteiger partial charge in [-0.25, -0.2) is 0 Å². The van der Waals surface area contributed by atoms with Gasteiger partial charge in [0.2, 0.25) is 0 Å². The summed E-state index contributed by atoms with van der Waals surface area (Å²) in [6.07, 6.45) is 5.82. The standard InChI is InChI=1S/C22H24O3/c23-20-16-10-2-1-3-11-17-22(21(24)25-20,18-12-6-4-7-13-18)19-14-8-5-9-15-19/h4-9,12-15H,1-3,10-11,16-17H2. The summed E-state index contributed by atoms with van der Waals surface area (Å²) in [4.78, 5) is 25.4. The van der Waals surface area contributed by atoms with Crippen LogP contribution in [-0.4, -0.2) is 11.9 Å². The van der Waals surface area contributed by atoms with E-state index in [2.05, 4.69) is 0 Å². The second-order valence-corrected chi connectivity index (χ2v) is 6.67. The maximum Gasteiger partial charge on any atom is 0.328 e. The number of rotatable bonds is 2. The van der Waals surface area contributed by atoms with E-state index in [9.17, 15) is 9.59 Å². The Balaban J connectivity index is 2.11. The lowest BCUT2D eigenvalue weighted by Gasteiger charge is -2.32. The zero-order valence-corrected chi connectivity index (χ0v) is 14.4. The van der Waals surface area contributed by atoms with Gasteiger partial charge in [-0.15, -0.1) is 0 Å². The first-order valence-corrected chi connectivity index (χ1v) is 9.09. The zero-order valence-electron chi connectivity index (χ0n) is 14.4. The summed E-state index contributed by atoms with van der Waals surface area (Å²) in [7, 11) is 0. The molecule has 130 valence electrons. The molecular weight excluding hydrogens is 312 g/mol. The highest BCUT2D eigenvalue weighted by atomic mass is 16.6. The van der Waals surface area contributed by atoms with Gasteiger partial charge in [0.25, 0.3) is 0 Å². The second-order valence-electron chi connectivity index (χ2n) is 6.67. The fourth-order valence-corrected chi connectivity index (χ4v) is 3.67. The Morgan fingerprint density at radius 3 is 1.80 bits per heavy atom. The topological polar surface area (TPSA) is 43.4 Å². The Morgan fingerprint density at radius 1 is 0.680 bits per heavy atom. The molecule has 25 heavy (non-hydrogen) atoms. The summed E-state index contributed by atoms with van der Waals surface area (Å²) in [6, 6.07) is 19.4. The van der Waals surface area contributed by atoms with Crippen LogP contribution in [0.2, 0.25) is 0 Å². The fraction of sp³-hybridized carbons (Fsp3) is 0.364. The summed E-state index contributed by atoms with van der Waals surface area (Å²) in [5.41, 5.74) is 0.846. The van der Waals surface area contributed by atoms with Crippen molar-refractivity contribution in [1.82, 2.24) is 0 Å². The Kier molecular flexibility index (Phi) is 5.64. The van der Waals surface area contributed by atoms with Crippen LogP contribution in [-0.2, 0) is 19.7 Å². The van der Waals surface area contributed by atoms with Crippen molar-refractivity contribution >= 4 is 11.9 Å². The number of cyclic esters (lactones) is 2. The van der Waals surface area contributed by atoms with Crippen LogP contribution in [0.15, 0.2) is 60.7 Å². The quantitative estimate of drug-likeness (QED) is 0.585. The molecule has 2 aromatic rings. The fourth-order valence-electron chi connectivity index (χ4n) is 3.67. The molecule has 3 rings (SSSR count). The van der Waals surface area contributed by atoms with E-state index < -0.39 is 17.4 Å². The van der Waals surface area contributed by atoms with Crippen molar-refractivity contribution < 1.29 is 14.3 Å². The molecule has 1 aliphatic heterocycles. The van der Waals surface area contributed by atoms with Gasteiger partial charge < -0.3 is 4.74 Å². The summed E-state index contributed by atoms with van der Waals surface area (Å²) >= 11 is 0. The SMILES string of the molecule is O=C1CCCCCCCC(c2ccccc2)(c2ccccc2)C(=O)O1. The molecule has 3 nitrogen and oxygen atoms in total. The van der Waals surface area contributed by atoms with E-state index in [1.807, 2.05) is 60.7 Å². The predicted molar refractivity (Wildman–Crippen MR) is 97.1 cm³/mol. The summed E-state index contributed by atoms with van der Waals surface area (Å²) in [5.74, 6) is -0.861. The molecule has 0 amide bonds. The van der Waals surface area contributed by atoms with Crippen molar-refractivity contribution in [3.63, 3.8) is 0 Å². The average Bonchev–Trinajstić information content (AvgIpc) is 2.68. The van der Waals surface area contributed by atoms with E-state index in [0.717, 1.165) is 43.2 Å². The third-order valence-corrected chi connectivity index (χ3v) is 5.02. The molecule has 1 fully saturated rings. The highest BCUT2D eigenvalue weighted by Gasteiger charge is 2.44. The Hall–Kier alpha value is -2.42. The second kappa shape index (κ2) is 8.11. The lowest BCUT2D eigenvalue weighted by atomic mass is 9.71. The van der Waals surface area contributed by atoms with Crippen LogP contribution < -0.4 is 0 Å². The van der Waals surface area contributed by atoms with E-state index in [-0.39, 0.29) is 0 Å². The Bertz CT molecular complexity index is 667. The molecular formula is C22H24O3. The van der Waals surface area contributed by atoms with Crippen LogP contribution in [0.25, 0.3) is 0 Å². The first-order chi connectivity index (χ1) is 12.2. The van der Waals surface area contributed by atoms with Gasteiger partial charge in [0.15, 0.2) is 0 Å². The summed E-state index contributed by atoms with van der Waals surface area (Å²) in [6.45, 7) is 0. The Labute approximate surface area is 149 Å². The van der Waals surface area contributed by atoms with Crippen LogP contribution in [0.5, 0.6) is 0 Å². The molecule has 3 heteroatoms. The molecule has 0 unspecified atom stereocenters. The summed E-state index contributed by atoms with van der Waals surface area (Å²) < 4.78 is 5.33. The largest absolute Gasteiger partial charge is 0.392 e. The first kappa shape index (κ1) is 17.4. The number of esters is 2. The molecule has 0 atom stereocenters. The van der Waals surface area contributed by atoms with E-state index >= 15 is 0 Å². The maximum atomic E-state index is 13.2. The van der Waals surface area contributed by atoms with Gasteiger partial charge in [-0.05, 0) is 24.0 Å². The lowest BCUT2D eigenvalue weighted by molar-refractivity contribution is -0.163. The van der Waals surface area contributed by atoms with Gasteiger partial charge in [-0.2, -0.15) is 0 Å². The number of hydrogen-bond donors (Lipinski definition) is 0. The molecule has 0 aliphatic carbocycles. The molecule has 1 aliphatic rings. The number of benzene rings is 2. The minimum absolute atomic E-state index is 0.311. The van der Waals surface area contributed by atoms with Crippen molar-refractivity contribution in [2.24, 2.45) is 0 Å². The Morgan fingerprint density at radius 2 is 1.20 bits per heavy atom. The average molecular weight is 336 g/mol. The van der Waals surface area contributed by atoms with Crippen LogP contribution in [0.3, 0.4) is 0 Å². The molecule has 0 bridgehead atoms. The number of carbonyl (C=O) groups is 2. The number of ether oxygens (including phenoxy) is 1. The monoisotopic (exact) mass is 336 g/mol. The number of carbonyl (C=O) groups excluding carboxylic acids is 2. The lowest BCUT2D eigenvalue weighted by Crippen LogP contribution is -2.40. The molecule has 0 radical (unpaired) electrons. The van der Waals surface area contributed by atoms with Gasteiger partial charge in [0.05, 0.1) is 0 Å². The van der Waals surface area contributed by atoms with Crippen molar-refractivity contribution in [3.05, 3.63) is 71.8 Å². The van der Waals surface area contributed by atoms with Gasteiger partial charge >= 0.3 is 11.9 Å². The van der Waals surface area contributed by atoms with E-state index in [4.69, 9.17) is 4.74 Å². The van der Waals surface area contributed by atoms with Crippen LogP contribution in [0.4, 0.5) is 0 Å². The highest BCUT2D eigenvalue weighted by Crippen LogP contribution is 2.39. The normalized spacial score (nSPS) is 18.9. The molecule has 0 saturated carbocycles. The minimum atomic E-state index is -0.928. The molecule has 1 heterocycles. The number of hydrogen-bond acceptors (Lipinski definition) is 3. The van der Waals surface area contributed by atoms with E-state index in [0.29, 0.717) is 12.8 Å². The zero-order chi connectivity index (χ0) is 17.5.